The Labute approximate surface area is 248 Å². The molecule has 10 heteroatoms. The molecule has 0 saturated carbocycles. The number of hydrogen-bond donors (Lipinski definition) is 1. The van der Waals surface area contributed by atoms with Crippen molar-refractivity contribution >= 4 is 39.1 Å². The standard InChI is InChI=1S/C31H38ClN3O5S/c1-6-23(4)33-31(37)24(5)34(20-25-11-10-12-26(32)19-25)30(36)21-35(28-13-8-9-14-29(28)40-7-2)41(38,39)27-17-15-22(3)16-18-27/h8-19,23-24H,6-7,20-21H2,1-5H3,(H,33,37)/t23-,24-/m1/s1. The highest BCUT2D eigenvalue weighted by Crippen LogP contribution is 2.33. The van der Waals surface area contributed by atoms with Gasteiger partial charge in [0.2, 0.25) is 11.8 Å². The second kappa shape index (κ2) is 14.4. The smallest absolute Gasteiger partial charge is 0.264 e. The number of benzene rings is 3. The van der Waals surface area contributed by atoms with Crippen molar-refractivity contribution in [2.45, 2.75) is 64.6 Å². The van der Waals surface area contributed by atoms with Crippen molar-refractivity contribution < 1.29 is 22.7 Å². The summed E-state index contributed by atoms with van der Waals surface area (Å²) in [4.78, 5) is 28.7. The maximum Gasteiger partial charge on any atom is 0.264 e. The first-order valence-electron chi connectivity index (χ1n) is 13.6. The first-order valence-corrected chi connectivity index (χ1v) is 15.4. The van der Waals surface area contributed by atoms with Crippen LogP contribution in [0.25, 0.3) is 0 Å². The van der Waals surface area contributed by atoms with Crippen molar-refractivity contribution in [2.75, 3.05) is 17.5 Å². The van der Waals surface area contributed by atoms with Crippen molar-refractivity contribution in [2.24, 2.45) is 0 Å². The normalized spacial score (nSPS) is 12.7. The molecule has 0 radical (unpaired) electrons. The molecule has 0 fully saturated rings. The molecule has 3 rings (SSSR count). The molecule has 0 aliphatic rings. The monoisotopic (exact) mass is 599 g/mol. The number of sulfonamides is 1. The summed E-state index contributed by atoms with van der Waals surface area (Å²) < 4.78 is 34.9. The van der Waals surface area contributed by atoms with Crippen LogP contribution in [0.4, 0.5) is 5.69 Å². The highest BCUT2D eigenvalue weighted by molar-refractivity contribution is 7.92. The van der Waals surface area contributed by atoms with Gasteiger partial charge in [-0.15, -0.1) is 0 Å². The van der Waals surface area contributed by atoms with Gasteiger partial charge in [-0.1, -0.05) is 60.5 Å². The lowest BCUT2D eigenvalue weighted by atomic mass is 10.1. The average molecular weight is 600 g/mol. The van der Waals surface area contributed by atoms with E-state index in [2.05, 4.69) is 5.32 Å². The molecule has 3 aromatic carbocycles. The van der Waals surface area contributed by atoms with E-state index in [0.717, 1.165) is 16.3 Å². The fraction of sp³-hybridized carbons (Fsp3) is 0.355. The Hall–Kier alpha value is -3.56. The molecule has 1 N–H and O–H groups in total. The van der Waals surface area contributed by atoms with Crippen LogP contribution in [0.1, 0.15) is 45.2 Å². The Bertz CT molecular complexity index is 1450. The molecule has 2 amide bonds. The summed E-state index contributed by atoms with van der Waals surface area (Å²) in [6.45, 7) is 8.93. The number of ether oxygens (including phenoxy) is 1. The van der Waals surface area contributed by atoms with E-state index in [1.54, 1.807) is 74.5 Å². The molecule has 0 heterocycles. The molecule has 0 aromatic heterocycles. The number of anilines is 1. The number of amides is 2. The number of aryl methyl sites for hydroxylation is 1. The zero-order chi connectivity index (χ0) is 30.2. The molecular weight excluding hydrogens is 562 g/mol. The van der Waals surface area contributed by atoms with Crippen molar-refractivity contribution in [3.8, 4) is 5.75 Å². The van der Waals surface area contributed by atoms with Crippen LogP contribution >= 0.6 is 11.6 Å². The number of nitrogens with zero attached hydrogens (tertiary/aromatic N) is 2. The van der Waals surface area contributed by atoms with Crippen LogP contribution in [-0.2, 0) is 26.2 Å². The van der Waals surface area contributed by atoms with E-state index < -0.39 is 28.5 Å². The number of rotatable bonds is 13. The van der Waals surface area contributed by atoms with Crippen LogP contribution in [-0.4, -0.2) is 50.4 Å². The van der Waals surface area contributed by atoms with Gasteiger partial charge in [0.05, 0.1) is 17.2 Å². The molecule has 0 saturated heterocycles. The number of nitrogens with one attached hydrogen (secondary N) is 1. The number of halogens is 1. The predicted octanol–water partition coefficient (Wildman–Crippen LogP) is 5.57. The van der Waals surface area contributed by atoms with E-state index in [-0.39, 0.29) is 29.1 Å². The summed E-state index contributed by atoms with van der Waals surface area (Å²) in [5, 5.41) is 3.41. The third kappa shape index (κ3) is 8.24. The average Bonchev–Trinajstić information content (AvgIpc) is 2.95. The minimum atomic E-state index is -4.20. The molecule has 0 aliphatic carbocycles. The molecule has 0 unspecified atom stereocenters. The Morgan fingerprint density at radius 2 is 1.66 bits per heavy atom. The maximum atomic E-state index is 14.1. The lowest BCUT2D eigenvalue weighted by molar-refractivity contribution is -0.139. The van der Waals surface area contributed by atoms with E-state index in [1.807, 2.05) is 20.8 Å². The van der Waals surface area contributed by atoms with Gasteiger partial charge >= 0.3 is 0 Å². The highest BCUT2D eigenvalue weighted by atomic mass is 35.5. The summed E-state index contributed by atoms with van der Waals surface area (Å²) in [5.41, 5.74) is 1.83. The van der Waals surface area contributed by atoms with E-state index in [9.17, 15) is 18.0 Å². The van der Waals surface area contributed by atoms with Crippen LogP contribution in [0.2, 0.25) is 5.02 Å². The molecule has 220 valence electrons. The van der Waals surface area contributed by atoms with Gasteiger partial charge in [-0.05, 0) is 76.1 Å². The molecule has 41 heavy (non-hydrogen) atoms. The topological polar surface area (TPSA) is 96.0 Å². The largest absolute Gasteiger partial charge is 0.492 e. The van der Waals surface area contributed by atoms with Gasteiger partial charge in [0.1, 0.15) is 18.3 Å². The van der Waals surface area contributed by atoms with E-state index in [4.69, 9.17) is 16.3 Å². The van der Waals surface area contributed by atoms with Crippen LogP contribution in [0.5, 0.6) is 5.75 Å². The van der Waals surface area contributed by atoms with Crippen molar-refractivity contribution in [3.05, 3.63) is 88.9 Å². The third-order valence-electron chi connectivity index (χ3n) is 6.73. The minimum absolute atomic E-state index is 0.0335. The molecule has 2 atom stereocenters. The third-order valence-corrected chi connectivity index (χ3v) is 8.74. The van der Waals surface area contributed by atoms with Gasteiger partial charge in [-0.25, -0.2) is 8.42 Å². The number of para-hydroxylation sites is 2. The van der Waals surface area contributed by atoms with E-state index in [0.29, 0.717) is 22.9 Å². The van der Waals surface area contributed by atoms with Gasteiger partial charge < -0.3 is 15.0 Å². The van der Waals surface area contributed by atoms with Crippen LogP contribution in [0.15, 0.2) is 77.7 Å². The summed E-state index contributed by atoms with van der Waals surface area (Å²) in [6, 6.07) is 19.1. The van der Waals surface area contributed by atoms with Gasteiger partial charge in [-0.3, -0.25) is 13.9 Å². The fourth-order valence-electron chi connectivity index (χ4n) is 4.17. The van der Waals surface area contributed by atoms with Crippen molar-refractivity contribution in [1.29, 1.82) is 0 Å². The second-order valence-electron chi connectivity index (χ2n) is 9.87. The SMILES string of the molecule is CCOc1ccccc1N(CC(=O)N(Cc1cccc(Cl)c1)[C@H](C)C(=O)N[C@H](C)CC)S(=O)(=O)c1ccc(C)cc1. The van der Waals surface area contributed by atoms with Gasteiger partial charge in [-0.2, -0.15) is 0 Å². The number of carbonyl (C=O) groups is 2. The lowest BCUT2D eigenvalue weighted by Gasteiger charge is -2.33. The molecule has 0 aliphatic heterocycles. The Balaban J connectivity index is 2.08. The summed E-state index contributed by atoms with van der Waals surface area (Å²) in [6.07, 6.45) is 0.720. The zero-order valence-electron chi connectivity index (χ0n) is 24.1. The van der Waals surface area contributed by atoms with Gasteiger partial charge in [0, 0.05) is 17.6 Å². The Morgan fingerprint density at radius 1 is 0.976 bits per heavy atom. The highest BCUT2D eigenvalue weighted by Gasteiger charge is 2.34. The first-order chi connectivity index (χ1) is 19.5. The van der Waals surface area contributed by atoms with Crippen LogP contribution in [0.3, 0.4) is 0 Å². The van der Waals surface area contributed by atoms with Crippen molar-refractivity contribution in [1.82, 2.24) is 10.2 Å². The molecule has 0 bridgehead atoms. The van der Waals surface area contributed by atoms with Crippen molar-refractivity contribution in [3.63, 3.8) is 0 Å². The van der Waals surface area contributed by atoms with Gasteiger partial charge in [0.15, 0.2) is 0 Å². The summed E-state index contributed by atoms with van der Waals surface area (Å²) in [5.74, 6) is -0.571. The molecule has 8 nitrogen and oxygen atoms in total. The van der Waals surface area contributed by atoms with Crippen LogP contribution in [0, 0.1) is 6.92 Å². The van der Waals surface area contributed by atoms with Gasteiger partial charge in [0.25, 0.3) is 10.0 Å². The summed E-state index contributed by atoms with van der Waals surface area (Å²) >= 11 is 6.20. The first kappa shape index (κ1) is 32.0. The van der Waals surface area contributed by atoms with E-state index >= 15 is 0 Å². The Morgan fingerprint density at radius 3 is 2.29 bits per heavy atom. The quantitative estimate of drug-likeness (QED) is 0.277. The minimum Gasteiger partial charge on any atom is -0.492 e. The molecule has 3 aromatic rings. The predicted molar refractivity (Wildman–Crippen MR) is 163 cm³/mol. The fourth-order valence-corrected chi connectivity index (χ4v) is 5.81. The van der Waals surface area contributed by atoms with E-state index in [1.165, 1.54) is 17.0 Å². The zero-order valence-corrected chi connectivity index (χ0v) is 25.7. The Kier molecular flexibility index (Phi) is 11.2. The molecule has 0 spiro atoms. The lowest BCUT2D eigenvalue weighted by Crippen LogP contribution is -2.52. The number of hydrogen-bond acceptors (Lipinski definition) is 5. The second-order valence-corrected chi connectivity index (χ2v) is 12.2. The molecular formula is C31H38ClN3O5S. The van der Waals surface area contributed by atoms with Crippen LogP contribution < -0.4 is 14.4 Å². The number of carbonyl (C=O) groups excluding carboxylic acids is 2. The maximum absolute atomic E-state index is 14.1. The summed E-state index contributed by atoms with van der Waals surface area (Å²) in [7, 11) is -4.20.